The molecule has 1 amide bonds. The minimum absolute atomic E-state index is 0.125. The minimum atomic E-state index is -0.132. The summed E-state index contributed by atoms with van der Waals surface area (Å²) in [5, 5.41) is 7.65. The summed E-state index contributed by atoms with van der Waals surface area (Å²) in [6, 6.07) is 24.4. The highest BCUT2D eigenvalue weighted by Crippen LogP contribution is 2.12. The Kier molecular flexibility index (Phi) is 5.68. The second-order valence-electron chi connectivity index (χ2n) is 6.74. The Morgan fingerprint density at radius 1 is 0.900 bits per heavy atom. The molecule has 0 atom stereocenters. The lowest BCUT2D eigenvalue weighted by Crippen LogP contribution is -2.18. The molecule has 1 heterocycles. The first kappa shape index (κ1) is 19.2. The van der Waals surface area contributed by atoms with Crippen molar-refractivity contribution in [1.82, 2.24) is 9.78 Å². The molecule has 0 aliphatic heterocycles. The molecule has 0 aliphatic rings. The highest BCUT2D eigenvalue weighted by molar-refractivity contribution is 5.91. The van der Waals surface area contributed by atoms with Crippen LogP contribution in [0.5, 0.6) is 0 Å². The number of para-hydroxylation sites is 1. The monoisotopic (exact) mass is 393 g/mol. The minimum Gasteiger partial charge on any atom is -0.326 e. The molecular formula is C25H19N3O2. The molecule has 4 aromatic rings. The van der Waals surface area contributed by atoms with Gasteiger partial charge in [-0.15, -0.1) is 0 Å². The number of nitrogens with one attached hydrogen (secondary N) is 1. The van der Waals surface area contributed by atoms with E-state index in [0.29, 0.717) is 17.6 Å². The van der Waals surface area contributed by atoms with Crippen molar-refractivity contribution in [3.63, 3.8) is 0 Å². The van der Waals surface area contributed by atoms with Gasteiger partial charge in [-0.05, 0) is 42.5 Å². The Labute approximate surface area is 174 Å². The van der Waals surface area contributed by atoms with Crippen LogP contribution in [0, 0.1) is 11.8 Å². The topological polar surface area (TPSA) is 64.0 Å². The van der Waals surface area contributed by atoms with Crippen molar-refractivity contribution in [2.24, 2.45) is 0 Å². The molecule has 5 nitrogen and oxygen atoms in total. The van der Waals surface area contributed by atoms with Crippen molar-refractivity contribution in [1.29, 1.82) is 0 Å². The molecule has 0 unspecified atom stereocenters. The summed E-state index contributed by atoms with van der Waals surface area (Å²) in [6.07, 6.45) is 1.52. The van der Waals surface area contributed by atoms with Crippen LogP contribution in [0.25, 0.3) is 10.9 Å². The van der Waals surface area contributed by atoms with Crippen LogP contribution in [0.4, 0.5) is 5.69 Å². The van der Waals surface area contributed by atoms with Gasteiger partial charge in [0.2, 0.25) is 11.3 Å². The Morgan fingerprint density at radius 3 is 2.50 bits per heavy atom. The molecule has 0 saturated heterocycles. The molecule has 4 rings (SSSR count). The van der Waals surface area contributed by atoms with Crippen molar-refractivity contribution < 1.29 is 4.79 Å². The third kappa shape index (κ3) is 4.62. The van der Waals surface area contributed by atoms with Crippen LogP contribution in [-0.2, 0) is 11.3 Å². The molecule has 0 fully saturated rings. The fourth-order valence-corrected chi connectivity index (χ4v) is 3.11. The van der Waals surface area contributed by atoms with Gasteiger partial charge >= 0.3 is 0 Å². The molecule has 1 N–H and O–H groups in total. The summed E-state index contributed by atoms with van der Waals surface area (Å²) in [7, 11) is 0. The molecule has 1 aromatic heterocycles. The Balaban J connectivity index is 1.42. The van der Waals surface area contributed by atoms with Crippen molar-refractivity contribution in [3.05, 3.63) is 106 Å². The Bertz CT molecular complexity index is 1310. The number of hydrogen-bond acceptors (Lipinski definition) is 3. The largest absolute Gasteiger partial charge is 0.326 e. The lowest BCUT2D eigenvalue weighted by Gasteiger charge is -2.09. The van der Waals surface area contributed by atoms with E-state index < -0.39 is 0 Å². The summed E-state index contributed by atoms with van der Waals surface area (Å²) in [5.41, 5.74) is 3.05. The maximum absolute atomic E-state index is 12.4. The van der Waals surface area contributed by atoms with Gasteiger partial charge in [0.05, 0.1) is 18.3 Å². The van der Waals surface area contributed by atoms with Crippen molar-refractivity contribution in [2.45, 2.75) is 13.0 Å². The number of fused-ring (bicyclic) bond motifs is 1. The highest BCUT2D eigenvalue weighted by atomic mass is 16.1. The summed E-state index contributed by atoms with van der Waals surface area (Å²) < 4.78 is 1.68. The number of carbonyl (C=O) groups is 1. The zero-order chi connectivity index (χ0) is 20.8. The molecule has 0 spiro atoms. The number of aryl methyl sites for hydroxylation is 1. The molecule has 5 heteroatoms. The van der Waals surface area contributed by atoms with Gasteiger partial charge in [0.25, 0.3) is 0 Å². The number of amides is 1. The van der Waals surface area contributed by atoms with Gasteiger partial charge in [-0.3, -0.25) is 14.3 Å². The second kappa shape index (κ2) is 8.89. The predicted octanol–water partition coefficient (Wildman–Crippen LogP) is 3.83. The lowest BCUT2D eigenvalue weighted by atomic mass is 10.1. The van der Waals surface area contributed by atoms with E-state index in [2.05, 4.69) is 22.3 Å². The van der Waals surface area contributed by atoms with Crippen LogP contribution in [0.1, 0.15) is 17.5 Å². The fourth-order valence-electron chi connectivity index (χ4n) is 3.11. The maximum Gasteiger partial charge on any atom is 0.226 e. The first-order valence-electron chi connectivity index (χ1n) is 9.61. The summed E-state index contributed by atoms with van der Waals surface area (Å²) in [5.74, 6) is 6.09. The van der Waals surface area contributed by atoms with Crippen molar-refractivity contribution >= 4 is 22.5 Å². The lowest BCUT2D eigenvalue weighted by molar-refractivity contribution is -0.116. The van der Waals surface area contributed by atoms with Crippen LogP contribution < -0.4 is 10.7 Å². The van der Waals surface area contributed by atoms with Gasteiger partial charge in [-0.1, -0.05) is 48.2 Å². The highest BCUT2D eigenvalue weighted by Gasteiger charge is 2.07. The van der Waals surface area contributed by atoms with E-state index in [0.717, 1.165) is 16.6 Å². The number of carbonyl (C=O) groups excluding carboxylic acids is 1. The average Bonchev–Trinajstić information content (AvgIpc) is 2.78. The zero-order valence-corrected chi connectivity index (χ0v) is 16.2. The number of hydrogen-bond donors (Lipinski definition) is 1. The van der Waals surface area contributed by atoms with Gasteiger partial charge in [0.1, 0.15) is 0 Å². The molecule has 0 aliphatic carbocycles. The van der Waals surface area contributed by atoms with E-state index in [9.17, 15) is 9.59 Å². The average molecular weight is 393 g/mol. The van der Waals surface area contributed by atoms with Crippen LogP contribution in [0.3, 0.4) is 0 Å². The van der Waals surface area contributed by atoms with Gasteiger partial charge in [0.15, 0.2) is 0 Å². The number of rotatable bonds is 4. The van der Waals surface area contributed by atoms with Crippen molar-refractivity contribution in [2.75, 3.05) is 5.32 Å². The van der Waals surface area contributed by atoms with E-state index in [1.54, 1.807) is 10.7 Å². The number of aromatic nitrogens is 2. The van der Waals surface area contributed by atoms with E-state index >= 15 is 0 Å². The predicted molar refractivity (Wildman–Crippen MR) is 118 cm³/mol. The molecule has 0 saturated carbocycles. The SMILES string of the molecule is O=C(CCn1ncc(=O)c2ccccc21)Nc1cccc(C#Cc2ccccc2)c1. The van der Waals surface area contributed by atoms with Gasteiger partial charge in [0, 0.05) is 28.6 Å². The van der Waals surface area contributed by atoms with Crippen LogP contribution in [-0.4, -0.2) is 15.7 Å². The second-order valence-corrected chi connectivity index (χ2v) is 6.74. The van der Waals surface area contributed by atoms with E-state index in [4.69, 9.17) is 0 Å². The van der Waals surface area contributed by atoms with E-state index in [1.165, 1.54) is 6.20 Å². The van der Waals surface area contributed by atoms with Gasteiger partial charge in [-0.25, -0.2) is 0 Å². The molecule has 0 bridgehead atoms. The van der Waals surface area contributed by atoms with Gasteiger partial charge in [-0.2, -0.15) is 5.10 Å². The maximum atomic E-state index is 12.4. The van der Waals surface area contributed by atoms with Gasteiger partial charge < -0.3 is 5.32 Å². The molecule has 0 radical (unpaired) electrons. The smallest absolute Gasteiger partial charge is 0.226 e. The summed E-state index contributed by atoms with van der Waals surface area (Å²) in [6.45, 7) is 0.375. The quantitative estimate of drug-likeness (QED) is 0.536. The summed E-state index contributed by atoms with van der Waals surface area (Å²) in [4.78, 5) is 24.3. The van der Waals surface area contributed by atoms with Crippen molar-refractivity contribution in [3.8, 4) is 11.8 Å². The summed E-state index contributed by atoms with van der Waals surface area (Å²) >= 11 is 0. The zero-order valence-electron chi connectivity index (χ0n) is 16.2. The molecule has 30 heavy (non-hydrogen) atoms. The Morgan fingerprint density at radius 2 is 1.63 bits per heavy atom. The molecular weight excluding hydrogens is 374 g/mol. The fraction of sp³-hybridized carbons (Fsp3) is 0.0800. The van der Waals surface area contributed by atoms with Crippen LogP contribution in [0.15, 0.2) is 89.9 Å². The van der Waals surface area contributed by atoms with E-state index in [1.807, 2.05) is 72.8 Å². The standard InChI is InChI=1S/C25H19N3O2/c29-24-18-26-28(23-12-5-4-11-22(23)24)16-15-25(30)27-21-10-6-9-20(17-21)14-13-19-7-2-1-3-8-19/h1-12,17-18H,15-16H2,(H,27,30). The van der Waals surface area contributed by atoms with E-state index in [-0.39, 0.29) is 17.8 Å². The number of benzene rings is 3. The first-order valence-corrected chi connectivity index (χ1v) is 9.61. The molecule has 3 aromatic carbocycles. The number of nitrogens with zero attached hydrogens (tertiary/aromatic N) is 2. The Hall–Kier alpha value is -4.17. The van der Waals surface area contributed by atoms with Crippen LogP contribution >= 0.6 is 0 Å². The normalized spacial score (nSPS) is 10.3. The van der Waals surface area contributed by atoms with Crippen LogP contribution in [0.2, 0.25) is 0 Å². The number of anilines is 1. The third-order valence-corrected chi connectivity index (χ3v) is 4.58. The third-order valence-electron chi connectivity index (χ3n) is 4.58. The molecule has 146 valence electrons. The first-order chi connectivity index (χ1) is 14.7.